The molecule has 50 valence electrons. The second-order valence-electron chi connectivity index (χ2n) is 0.662. The lowest BCUT2D eigenvalue weighted by atomic mass is 10.3. The molecule has 0 aliphatic rings. The van der Waals surface area contributed by atoms with Crippen molar-refractivity contribution in [2.24, 2.45) is 0 Å². The van der Waals surface area contributed by atoms with Gasteiger partial charge in [-0.05, 0) is 0 Å². The molecular weight excluding hydrogens is 238 g/mol. The van der Waals surface area contributed by atoms with Crippen molar-refractivity contribution in [1.82, 2.24) is 0 Å². The zero-order valence-corrected chi connectivity index (χ0v) is 6.11. The fourth-order valence-corrected chi connectivity index (χ4v) is 0. The first-order valence-electron chi connectivity index (χ1n) is 1.52. The number of hydrogen-bond acceptors (Lipinski definition) is 0. The highest BCUT2D eigenvalue weighted by Crippen LogP contribution is 2.06. The van der Waals surface area contributed by atoms with E-state index >= 15 is 0 Å². The van der Waals surface area contributed by atoms with Gasteiger partial charge in [0.25, 0.3) is 22.6 Å². The van der Waals surface area contributed by atoms with Crippen LogP contribution in [0.2, 0.25) is 0 Å². The average Bonchev–Trinajstić information content (AvgIpc) is 1.27. The van der Waals surface area contributed by atoms with Crippen LogP contribution in [-0.2, 0) is 0 Å². The van der Waals surface area contributed by atoms with Crippen molar-refractivity contribution >= 4 is 7.25 Å². The van der Waals surface area contributed by atoms with E-state index in [0.717, 1.165) is 0 Å². The quantitative estimate of drug-likeness (QED) is 0.282. The van der Waals surface area contributed by atoms with Crippen molar-refractivity contribution in [2.45, 2.75) is 0 Å². The predicted octanol–water partition coefficient (Wildman–Crippen LogP) is -1.28. The minimum Gasteiger partial charge on any atom is -0.418 e. The van der Waals surface area contributed by atoms with Gasteiger partial charge in [-0.3, -0.25) is 0 Å². The Balaban J connectivity index is 0. The molecule has 0 rings (SSSR count). The summed E-state index contributed by atoms with van der Waals surface area (Å²) in [6, 6.07) is 0. The van der Waals surface area contributed by atoms with Crippen molar-refractivity contribution in [2.75, 3.05) is 0 Å². The van der Waals surface area contributed by atoms with Crippen molar-refractivity contribution in [3.63, 3.8) is 0 Å². The lowest BCUT2D eigenvalue weighted by Crippen LogP contribution is -3.30. The standard InChI is InChI=1S/C2H4I.BF4/c1-2-3;2-1(3,4)5/h2-3H,1H2;/q+1;-1. The molecule has 0 aromatic rings. The van der Waals surface area contributed by atoms with Crippen LogP contribution in [-0.4, -0.2) is 7.25 Å². The van der Waals surface area contributed by atoms with Crippen LogP contribution in [0.5, 0.6) is 0 Å². The van der Waals surface area contributed by atoms with E-state index in [-0.39, 0.29) is 0 Å². The molecule has 0 saturated carbocycles. The number of rotatable bonds is 0. The highest BCUT2D eigenvalue weighted by Gasteiger charge is 2.20. The molecule has 0 fully saturated rings. The van der Waals surface area contributed by atoms with E-state index in [1.165, 1.54) is 0 Å². The summed E-state index contributed by atoms with van der Waals surface area (Å²) in [4.78, 5) is 0. The summed E-state index contributed by atoms with van der Waals surface area (Å²) in [7, 11) is -6.00. The van der Waals surface area contributed by atoms with Crippen LogP contribution < -0.4 is 22.6 Å². The zero-order chi connectivity index (χ0) is 7.21. The van der Waals surface area contributed by atoms with Gasteiger partial charge in [-0.25, -0.2) is 0 Å². The van der Waals surface area contributed by atoms with Crippen LogP contribution in [0.15, 0.2) is 10.7 Å². The Bertz CT molecular complexity index is 53.5. The predicted molar refractivity (Wildman–Crippen MR) is 21.8 cm³/mol. The number of halogens is 5. The Morgan fingerprint density at radius 3 is 1.25 bits per heavy atom. The summed E-state index contributed by atoms with van der Waals surface area (Å²) in [5, 5.41) is 0. The van der Waals surface area contributed by atoms with Crippen LogP contribution in [0.25, 0.3) is 0 Å². The van der Waals surface area contributed by atoms with Gasteiger partial charge >= 0.3 is 7.25 Å². The average molecular weight is 242 g/mol. The molecule has 0 nitrogen and oxygen atoms in total. The lowest BCUT2D eigenvalue weighted by Gasteiger charge is -1.94. The molecule has 0 amide bonds. The minimum atomic E-state index is -6.00. The smallest absolute Gasteiger partial charge is 0.418 e. The van der Waals surface area contributed by atoms with Crippen molar-refractivity contribution in [3.05, 3.63) is 10.7 Å². The van der Waals surface area contributed by atoms with E-state index in [2.05, 4.69) is 6.58 Å². The third-order valence-corrected chi connectivity index (χ3v) is 0. The fourth-order valence-electron chi connectivity index (χ4n) is 0. The second-order valence-corrected chi connectivity index (χ2v) is 1.61. The van der Waals surface area contributed by atoms with Crippen LogP contribution in [0, 0.1) is 0 Å². The molecule has 0 unspecified atom stereocenters. The minimum absolute atomic E-state index is 1.76. The maximum absolute atomic E-state index is 9.75. The van der Waals surface area contributed by atoms with E-state index in [1.807, 2.05) is 22.6 Å². The highest BCUT2D eigenvalue weighted by molar-refractivity contribution is 6.50. The lowest BCUT2D eigenvalue weighted by molar-refractivity contribution is -0.274. The molecule has 0 N–H and O–H groups in total. The third-order valence-electron chi connectivity index (χ3n) is 0. The maximum Gasteiger partial charge on any atom is 0.673 e. The van der Waals surface area contributed by atoms with Crippen molar-refractivity contribution < 1.29 is 39.9 Å². The first-order valence-corrected chi connectivity index (χ1v) is 2.86. The maximum atomic E-state index is 9.75. The number of hydrogen-bond donors (Lipinski definition) is 0. The van der Waals surface area contributed by atoms with Gasteiger partial charge in [0, 0.05) is 0 Å². The van der Waals surface area contributed by atoms with Crippen LogP contribution in [0.3, 0.4) is 0 Å². The normalized spacial score (nSPS) is 9.12. The summed E-state index contributed by atoms with van der Waals surface area (Å²) in [6.45, 7) is 3.37. The Morgan fingerprint density at radius 1 is 1.25 bits per heavy atom. The van der Waals surface area contributed by atoms with Crippen LogP contribution in [0.4, 0.5) is 17.3 Å². The van der Waals surface area contributed by atoms with Gasteiger partial charge in [0.2, 0.25) is 0 Å². The van der Waals surface area contributed by atoms with E-state index in [1.54, 1.807) is 4.08 Å². The molecule has 0 bridgehead atoms. The van der Waals surface area contributed by atoms with Crippen LogP contribution >= 0.6 is 0 Å². The van der Waals surface area contributed by atoms with Crippen molar-refractivity contribution in [1.29, 1.82) is 0 Å². The molecule has 0 spiro atoms. The molecule has 0 heterocycles. The first-order chi connectivity index (χ1) is 3.41. The van der Waals surface area contributed by atoms with E-state index in [4.69, 9.17) is 0 Å². The topological polar surface area (TPSA) is 0 Å². The summed E-state index contributed by atoms with van der Waals surface area (Å²) < 4.78 is 40.8. The van der Waals surface area contributed by atoms with Gasteiger partial charge in [0.05, 0.1) is 0 Å². The molecule has 6 heteroatoms. The van der Waals surface area contributed by atoms with Gasteiger partial charge < -0.3 is 17.3 Å². The van der Waals surface area contributed by atoms with Gasteiger partial charge in [-0.1, -0.05) is 6.58 Å². The summed E-state index contributed by atoms with van der Waals surface area (Å²) >= 11 is 1.83. The van der Waals surface area contributed by atoms with Crippen molar-refractivity contribution in [3.8, 4) is 0 Å². The fraction of sp³-hybridized carbons (Fsp3) is 0. The first kappa shape index (κ1) is 11.1. The second kappa shape index (κ2) is 5.39. The summed E-state index contributed by atoms with van der Waals surface area (Å²) in [6.07, 6.45) is 0. The molecule has 0 aliphatic carbocycles. The largest absolute Gasteiger partial charge is 0.673 e. The summed E-state index contributed by atoms with van der Waals surface area (Å²) in [5.74, 6) is 0. The molecule has 0 radical (unpaired) electrons. The zero-order valence-electron chi connectivity index (χ0n) is 3.78. The van der Waals surface area contributed by atoms with E-state index in [9.17, 15) is 17.3 Å². The van der Waals surface area contributed by atoms with Gasteiger partial charge in [0.1, 0.15) is 4.08 Å². The molecule has 0 atom stereocenters. The molecule has 0 aromatic carbocycles. The van der Waals surface area contributed by atoms with Gasteiger partial charge in [-0.15, -0.1) is 0 Å². The van der Waals surface area contributed by atoms with Crippen LogP contribution in [0.1, 0.15) is 0 Å². The molecule has 0 saturated heterocycles. The SMILES string of the molecule is C=C[IH+].F[B-](F)(F)F. The highest BCUT2D eigenvalue weighted by atomic mass is 127. The third kappa shape index (κ3) is 2660. The Hall–Kier alpha value is 0.255. The Morgan fingerprint density at radius 2 is 1.25 bits per heavy atom. The molecule has 0 aromatic heterocycles. The van der Waals surface area contributed by atoms with E-state index < -0.39 is 7.25 Å². The summed E-state index contributed by atoms with van der Waals surface area (Å²) in [5.41, 5.74) is 0. The Kier molecular flexibility index (Phi) is 7.49. The van der Waals surface area contributed by atoms with Gasteiger partial charge in [0.15, 0.2) is 0 Å². The van der Waals surface area contributed by atoms with Gasteiger partial charge in [-0.2, -0.15) is 0 Å². The molecular formula is C2H4BF4I. The monoisotopic (exact) mass is 242 g/mol. The molecule has 0 aliphatic heterocycles. The Labute approximate surface area is 58.2 Å². The van der Waals surface area contributed by atoms with E-state index in [0.29, 0.717) is 0 Å². The molecule has 8 heavy (non-hydrogen) atoms.